The van der Waals surface area contributed by atoms with E-state index in [1.807, 2.05) is 42.6 Å². The smallest absolute Gasteiger partial charge is 0.261 e. The SMILES string of the molecule is CCc1nn2c(ncc3c(=O)n(Cc4cccnc4)ccc32)c1-c1ccccc1. The molecule has 0 amide bonds. The quantitative estimate of drug-likeness (QED) is 0.476. The average molecular weight is 381 g/mol. The maximum Gasteiger partial charge on any atom is 0.261 e. The van der Waals surface area contributed by atoms with Gasteiger partial charge in [-0.25, -0.2) is 9.50 Å². The zero-order valence-corrected chi connectivity index (χ0v) is 16.0. The number of pyridine rings is 2. The molecule has 0 aliphatic carbocycles. The van der Waals surface area contributed by atoms with Crippen molar-refractivity contribution in [3.05, 3.63) is 94.9 Å². The third-order valence-electron chi connectivity index (χ3n) is 5.13. The van der Waals surface area contributed by atoms with E-state index in [9.17, 15) is 4.79 Å². The van der Waals surface area contributed by atoms with Gasteiger partial charge < -0.3 is 4.57 Å². The van der Waals surface area contributed by atoms with Crippen molar-refractivity contribution in [1.82, 2.24) is 24.1 Å². The first-order chi connectivity index (χ1) is 14.3. The maximum absolute atomic E-state index is 13.1. The van der Waals surface area contributed by atoms with Crippen LogP contribution in [0.25, 0.3) is 27.7 Å². The lowest BCUT2D eigenvalue weighted by atomic mass is 10.0. The van der Waals surface area contributed by atoms with Crippen LogP contribution in [0.1, 0.15) is 18.2 Å². The summed E-state index contributed by atoms with van der Waals surface area (Å²) in [6.07, 6.45) is 7.76. The molecule has 5 rings (SSSR count). The molecule has 4 aromatic heterocycles. The van der Waals surface area contributed by atoms with Crippen LogP contribution in [-0.4, -0.2) is 24.1 Å². The highest BCUT2D eigenvalue weighted by molar-refractivity contribution is 5.86. The molecule has 0 radical (unpaired) electrons. The van der Waals surface area contributed by atoms with Crippen LogP contribution in [0.4, 0.5) is 0 Å². The van der Waals surface area contributed by atoms with Gasteiger partial charge in [0.1, 0.15) is 0 Å². The number of hydrogen-bond donors (Lipinski definition) is 0. The van der Waals surface area contributed by atoms with Crippen molar-refractivity contribution in [3.8, 4) is 11.1 Å². The Morgan fingerprint density at radius 2 is 1.86 bits per heavy atom. The van der Waals surface area contributed by atoms with Crippen LogP contribution >= 0.6 is 0 Å². The average Bonchev–Trinajstić information content (AvgIpc) is 3.16. The summed E-state index contributed by atoms with van der Waals surface area (Å²) in [5.41, 5.74) is 5.49. The molecule has 1 aromatic carbocycles. The zero-order valence-electron chi connectivity index (χ0n) is 16.0. The number of rotatable bonds is 4. The first-order valence-corrected chi connectivity index (χ1v) is 9.60. The van der Waals surface area contributed by atoms with Gasteiger partial charge >= 0.3 is 0 Å². The Balaban J connectivity index is 1.71. The Kier molecular flexibility index (Phi) is 4.17. The van der Waals surface area contributed by atoms with Crippen LogP contribution in [-0.2, 0) is 13.0 Å². The number of aromatic nitrogens is 5. The fourth-order valence-corrected chi connectivity index (χ4v) is 3.72. The molecular formula is C23H19N5O. The second-order valence-electron chi connectivity index (χ2n) is 6.94. The molecule has 29 heavy (non-hydrogen) atoms. The predicted molar refractivity (Wildman–Crippen MR) is 113 cm³/mol. The van der Waals surface area contributed by atoms with Crippen LogP contribution in [0.5, 0.6) is 0 Å². The molecule has 0 N–H and O–H groups in total. The van der Waals surface area contributed by atoms with Gasteiger partial charge in [-0.15, -0.1) is 0 Å². The molecule has 142 valence electrons. The highest BCUT2D eigenvalue weighted by atomic mass is 16.1. The maximum atomic E-state index is 13.1. The van der Waals surface area contributed by atoms with Crippen LogP contribution in [0, 0.1) is 0 Å². The summed E-state index contributed by atoms with van der Waals surface area (Å²) in [5.74, 6) is 0. The third-order valence-corrected chi connectivity index (χ3v) is 5.13. The van der Waals surface area contributed by atoms with Crippen molar-refractivity contribution in [2.45, 2.75) is 19.9 Å². The molecule has 0 fully saturated rings. The lowest BCUT2D eigenvalue weighted by Crippen LogP contribution is -2.21. The molecule has 0 saturated heterocycles. The second kappa shape index (κ2) is 6.98. The molecule has 5 aromatic rings. The molecule has 0 saturated carbocycles. The van der Waals surface area contributed by atoms with Crippen molar-refractivity contribution in [2.75, 3.05) is 0 Å². The van der Waals surface area contributed by atoms with Gasteiger partial charge in [-0.3, -0.25) is 9.78 Å². The Morgan fingerprint density at radius 1 is 1.00 bits per heavy atom. The lowest BCUT2D eigenvalue weighted by molar-refractivity contribution is 0.762. The van der Waals surface area contributed by atoms with Crippen LogP contribution in [0.15, 0.2) is 78.1 Å². The molecule has 0 aliphatic heterocycles. The largest absolute Gasteiger partial charge is 0.310 e. The summed E-state index contributed by atoms with van der Waals surface area (Å²) in [4.78, 5) is 21.8. The van der Waals surface area contributed by atoms with E-state index >= 15 is 0 Å². The lowest BCUT2D eigenvalue weighted by Gasteiger charge is -2.08. The number of nitrogens with zero attached hydrogens (tertiary/aromatic N) is 5. The number of benzene rings is 1. The minimum atomic E-state index is -0.0874. The number of fused-ring (bicyclic) bond motifs is 3. The minimum Gasteiger partial charge on any atom is -0.310 e. The third kappa shape index (κ3) is 2.89. The molecule has 6 heteroatoms. The summed E-state index contributed by atoms with van der Waals surface area (Å²) in [7, 11) is 0. The van der Waals surface area contributed by atoms with Gasteiger partial charge in [0.15, 0.2) is 5.65 Å². The van der Waals surface area contributed by atoms with Gasteiger partial charge in [0.2, 0.25) is 0 Å². The van der Waals surface area contributed by atoms with Gasteiger partial charge in [0, 0.05) is 30.4 Å². The van der Waals surface area contributed by atoms with Crippen molar-refractivity contribution < 1.29 is 0 Å². The van der Waals surface area contributed by atoms with Crippen LogP contribution in [0.3, 0.4) is 0 Å². The summed E-state index contributed by atoms with van der Waals surface area (Å²) in [6.45, 7) is 2.55. The Bertz CT molecular complexity index is 1370. The summed E-state index contributed by atoms with van der Waals surface area (Å²) in [5, 5.41) is 5.34. The van der Waals surface area contributed by atoms with E-state index in [-0.39, 0.29) is 5.56 Å². The monoisotopic (exact) mass is 381 g/mol. The Morgan fingerprint density at radius 3 is 2.62 bits per heavy atom. The van der Waals surface area contributed by atoms with E-state index in [4.69, 9.17) is 5.10 Å². The molecule has 0 spiro atoms. The fourth-order valence-electron chi connectivity index (χ4n) is 3.72. The van der Waals surface area contributed by atoms with E-state index in [0.717, 1.165) is 40.0 Å². The highest BCUT2D eigenvalue weighted by Gasteiger charge is 2.17. The molecule has 0 unspecified atom stereocenters. The molecule has 0 atom stereocenters. The summed E-state index contributed by atoms with van der Waals surface area (Å²) >= 11 is 0. The number of hydrogen-bond acceptors (Lipinski definition) is 4. The molecule has 0 aliphatic rings. The summed E-state index contributed by atoms with van der Waals surface area (Å²) < 4.78 is 3.47. The number of aryl methyl sites for hydroxylation is 1. The fraction of sp³-hybridized carbons (Fsp3) is 0.130. The van der Waals surface area contributed by atoms with Gasteiger partial charge in [0.25, 0.3) is 5.56 Å². The van der Waals surface area contributed by atoms with Gasteiger partial charge in [-0.05, 0) is 29.7 Å². The van der Waals surface area contributed by atoms with Crippen molar-refractivity contribution in [2.24, 2.45) is 0 Å². The van der Waals surface area contributed by atoms with E-state index in [1.165, 1.54) is 0 Å². The zero-order chi connectivity index (χ0) is 19.8. The van der Waals surface area contributed by atoms with Crippen LogP contribution in [0.2, 0.25) is 0 Å². The van der Waals surface area contributed by atoms with Crippen molar-refractivity contribution in [3.63, 3.8) is 0 Å². The summed E-state index contributed by atoms with van der Waals surface area (Å²) in [6, 6.07) is 15.9. The molecule has 4 heterocycles. The van der Waals surface area contributed by atoms with E-state index in [0.29, 0.717) is 11.9 Å². The van der Waals surface area contributed by atoms with Gasteiger partial charge in [-0.1, -0.05) is 43.3 Å². The minimum absolute atomic E-state index is 0.0874. The van der Waals surface area contributed by atoms with Gasteiger partial charge in [0.05, 0.1) is 23.1 Å². The Labute approximate surface area is 167 Å². The predicted octanol–water partition coefficient (Wildman–Crippen LogP) is 3.72. The first-order valence-electron chi connectivity index (χ1n) is 9.60. The molecule has 6 nitrogen and oxygen atoms in total. The first kappa shape index (κ1) is 17.3. The standard InChI is InChI=1S/C23H19N5O/c1-2-19-21(17-8-4-3-5-9-17)22-25-14-18-20(28(22)26-19)10-12-27(23(18)29)15-16-7-6-11-24-13-16/h3-14H,2,15H2,1H3. The van der Waals surface area contributed by atoms with E-state index in [2.05, 4.69) is 29.0 Å². The molecule has 0 bridgehead atoms. The van der Waals surface area contributed by atoms with Crippen molar-refractivity contribution in [1.29, 1.82) is 0 Å². The second-order valence-corrected chi connectivity index (χ2v) is 6.94. The van der Waals surface area contributed by atoms with E-state index in [1.54, 1.807) is 27.7 Å². The van der Waals surface area contributed by atoms with Gasteiger partial charge in [-0.2, -0.15) is 5.10 Å². The topological polar surface area (TPSA) is 65.1 Å². The Hall–Kier alpha value is -3.80. The normalized spacial score (nSPS) is 11.3. The van der Waals surface area contributed by atoms with Crippen molar-refractivity contribution >= 4 is 16.6 Å². The van der Waals surface area contributed by atoms with Crippen LogP contribution < -0.4 is 5.56 Å². The molecular weight excluding hydrogens is 362 g/mol. The highest BCUT2D eigenvalue weighted by Crippen LogP contribution is 2.29. The van der Waals surface area contributed by atoms with E-state index < -0.39 is 0 Å².